The second-order valence-corrected chi connectivity index (χ2v) is 9.05. The van der Waals surface area contributed by atoms with Gasteiger partial charge in [-0.25, -0.2) is 4.98 Å². The molecule has 33 heavy (non-hydrogen) atoms. The molecule has 4 aromatic heterocycles. The van der Waals surface area contributed by atoms with Gasteiger partial charge >= 0.3 is 0 Å². The average molecular weight is 457 g/mol. The number of nitrogens with two attached hydrogens (primary N) is 1. The van der Waals surface area contributed by atoms with E-state index >= 15 is 0 Å². The zero-order valence-corrected chi connectivity index (χ0v) is 19.0. The van der Waals surface area contributed by atoms with Gasteiger partial charge in [-0.1, -0.05) is 30.3 Å². The lowest BCUT2D eigenvalue weighted by molar-refractivity contribution is -0.119. The fraction of sp³-hybridized carbons (Fsp3) is 0.154. The van der Waals surface area contributed by atoms with Crippen molar-refractivity contribution in [3.63, 3.8) is 0 Å². The van der Waals surface area contributed by atoms with Gasteiger partial charge in [-0.05, 0) is 43.2 Å². The van der Waals surface area contributed by atoms with Crippen LogP contribution in [0, 0.1) is 12.8 Å². The zero-order valence-electron chi connectivity index (χ0n) is 18.2. The summed E-state index contributed by atoms with van der Waals surface area (Å²) >= 11 is 1.53. The maximum atomic E-state index is 13.1. The number of carbonyl (C=O) groups is 1. The fourth-order valence-electron chi connectivity index (χ4n) is 4.15. The minimum atomic E-state index is -0.311. The number of hydrogen-bond acceptors (Lipinski definition) is 5. The quantitative estimate of drug-likeness (QED) is 0.296. The van der Waals surface area contributed by atoms with Gasteiger partial charge in [-0.3, -0.25) is 4.79 Å². The second-order valence-electron chi connectivity index (χ2n) is 8.00. The zero-order chi connectivity index (χ0) is 22.8. The number of carbonyl (C=O) groups excluding carboxylic acids is 1. The summed E-state index contributed by atoms with van der Waals surface area (Å²) in [5.74, 6) is -0.389. The van der Waals surface area contributed by atoms with Crippen LogP contribution in [0.25, 0.3) is 32.6 Å². The van der Waals surface area contributed by atoms with Gasteiger partial charge in [-0.15, -0.1) is 11.3 Å². The van der Waals surface area contributed by atoms with E-state index in [1.165, 1.54) is 11.3 Å². The molecule has 0 aliphatic heterocycles. The monoisotopic (exact) mass is 456 g/mol. The van der Waals surface area contributed by atoms with Crippen molar-refractivity contribution in [2.75, 3.05) is 11.9 Å². The van der Waals surface area contributed by atoms with E-state index in [9.17, 15) is 4.79 Å². The molecule has 0 aliphatic carbocycles. The number of aromatic nitrogens is 2. The van der Waals surface area contributed by atoms with Crippen LogP contribution in [0.4, 0.5) is 5.00 Å². The maximum Gasteiger partial charge on any atom is 0.229 e. The SMILES string of the molecule is Cc1[nH]c2ncccc2c1-c1cc(NC(=O)C(CN)Cc2ccccc2)sc1-c1ccoc1. The van der Waals surface area contributed by atoms with E-state index in [1.807, 2.05) is 55.5 Å². The van der Waals surface area contributed by atoms with Crippen molar-refractivity contribution in [2.24, 2.45) is 11.7 Å². The molecule has 1 atom stereocenters. The van der Waals surface area contributed by atoms with Crippen molar-refractivity contribution < 1.29 is 9.21 Å². The molecule has 0 bridgehead atoms. The van der Waals surface area contributed by atoms with E-state index in [2.05, 4.69) is 21.4 Å². The van der Waals surface area contributed by atoms with Crippen LogP contribution in [-0.4, -0.2) is 22.4 Å². The third-order valence-electron chi connectivity index (χ3n) is 5.77. The lowest BCUT2D eigenvalue weighted by Crippen LogP contribution is -2.30. The molecule has 0 aliphatic rings. The number of furan rings is 1. The number of aromatic amines is 1. The van der Waals surface area contributed by atoms with Crippen molar-refractivity contribution >= 4 is 33.3 Å². The molecular weight excluding hydrogens is 432 g/mol. The summed E-state index contributed by atoms with van der Waals surface area (Å²) in [6.07, 6.45) is 5.76. The Morgan fingerprint density at radius 2 is 2.06 bits per heavy atom. The number of anilines is 1. The highest BCUT2D eigenvalue weighted by Crippen LogP contribution is 2.45. The van der Waals surface area contributed by atoms with Gasteiger partial charge in [0.25, 0.3) is 0 Å². The molecule has 0 spiro atoms. The Kier molecular flexibility index (Phi) is 5.81. The van der Waals surface area contributed by atoms with Crippen molar-refractivity contribution in [1.82, 2.24) is 9.97 Å². The first kappa shape index (κ1) is 21.2. The van der Waals surface area contributed by atoms with Crippen molar-refractivity contribution in [3.8, 4) is 21.6 Å². The number of rotatable bonds is 7. The van der Waals surface area contributed by atoms with E-state index in [-0.39, 0.29) is 18.4 Å². The number of aryl methyl sites for hydroxylation is 1. The number of amides is 1. The van der Waals surface area contributed by atoms with Gasteiger partial charge in [0.05, 0.1) is 23.4 Å². The molecule has 0 saturated carbocycles. The molecule has 5 rings (SSSR count). The Bertz CT molecular complexity index is 1390. The Morgan fingerprint density at radius 1 is 1.21 bits per heavy atom. The topological polar surface area (TPSA) is 96.9 Å². The van der Waals surface area contributed by atoms with Gasteiger partial charge in [0.2, 0.25) is 5.91 Å². The van der Waals surface area contributed by atoms with Crippen LogP contribution in [0.5, 0.6) is 0 Å². The molecule has 1 unspecified atom stereocenters. The number of thiophene rings is 1. The molecule has 5 aromatic rings. The standard InChI is InChI=1S/C26H24N4O2S/c1-16-23(20-8-5-10-28-25(20)29-16)21-13-22(33-24(21)18-9-11-32-15-18)30-26(31)19(14-27)12-17-6-3-2-4-7-17/h2-11,13,15,19H,12,14,27H2,1H3,(H,28,29)(H,30,31). The summed E-state index contributed by atoms with van der Waals surface area (Å²) in [7, 11) is 0. The summed E-state index contributed by atoms with van der Waals surface area (Å²) in [5, 5.41) is 4.92. The maximum absolute atomic E-state index is 13.1. The Balaban J connectivity index is 1.50. The Labute approximate surface area is 195 Å². The first-order valence-electron chi connectivity index (χ1n) is 10.8. The number of nitrogens with one attached hydrogen (secondary N) is 2. The fourth-order valence-corrected chi connectivity index (χ4v) is 5.20. The van der Waals surface area contributed by atoms with Crippen LogP contribution in [-0.2, 0) is 11.2 Å². The van der Waals surface area contributed by atoms with Crippen molar-refractivity contribution in [2.45, 2.75) is 13.3 Å². The number of pyridine rings is 1. The average Bonchev–Trinajstić information content (AvgIpc) is 3.56. The molecule has 0 saturated heterocycles. The van der Waals surface area contributed by atoms with Gasteiger partial charge in [0.15, 0.2) is 0 Å². The summed E-state index contributed by atoms with van der Waals surface area (Å²) in [5.41, 5.74) is 12.0. The Hall–Kier alpha value is -3.68. The van der Waals surface area contributed by atoms with Crippen LogP contribution in [0.3, 0.4) is 0 Å². The van der Waals surface area contributed by atoms with E-state index in [4.69, 9.17) is 10.2 Å². The molecule has 0 radical (unpaired) electrons. The molecule has 4 N–H and O–H groups in total. The molecule has 166 valence electrons. The number of hydrogen-bond donors (Lipinski definition) is 3. The Morgan fingerprint density at radius 3 is 2.82 bits per heavy atom. The van der Waals surface area contributed by atoms with E-state index in [1.54, 1.807) is 18.7 Å². The highest BCUT2D eigenvalue weighted by molar-refractivity contribution is 7.20. The molecule has 7 heteroatoms. The number of nitrogens with zero attached hydrogens (tertiary/aromatic N) is 1. The van der Waals surface area contributed by atoms with Crippen LogP contribution < -0.4 is 11.1 Å². The largest absolute Gasteiger partial charge is 0.472 e. The van der Waals surface area contributed by atoms with Crippen LogP contribution >= 0.6 is 11.3 Å². The lowest BCUT2D eigenvalue weighted by Gasteiger charge is -2.14. The summed E-state index contributed by atoms with van der Waals surface area (Å²) in [6, 6.07) is 17.9. The summed E-state index contributed by atoms with van der Waals surface area (Å²) in [4.78, 5) is 22.0. The number of H-pyrrole nitrogens is 1. The summed E-state index contributed by atoms with van der Waals surface area (Å²) < 4.78 is 5.35. The van der Waals surface area contributed by atoms with Crippen LogP contribution in [0.2, 0.25) is 0 Å². The minimum absolute atomic E-state index is 0.0785. The van der Waals surface area contributed by atoms with Crippen molar-refractivity contribution in [3.05, 3.63) is 84.6 Å². The second kappa shape index (κ2) is 9.05. The number of fused-ring (bicyclic) bond motifs is 1. The number of benzene rings is 1. The lowest BCUT2D eigenvalue weighted by atomic mass is 9.98. The van der Waals surface area contributed by atoms with Gasteiger partial charge in [-0.2, -0.15) is 0 Å². The van der Waals surface area contributed by atoms with Crippen LogP contribution in [0.1, 0.15) is 11.3 Å². The molecule has 4 heterocycles. The van der Waals surface area contributed by atoms with Gasteiger partial charge in [0, 0.05) is 45.4 Å². The third kappa shape index (κ3) is 4.20. The third-order valence-corrected chi connectivity index (χ3v) is 6.87. The van der Waals surface area contributed by atoms with Crippen LogP contribution in [0.15, 0.2) is 77.7 Å². The first-order chi connectivity index (χ1) is 16.1. The first-order valence-corrected chi connectivity index (χ1v) is 11.6. The predicted molar refractivity (Wildman–Crippen MR) is 133 cm³/mol. The highest BCUT2D eigenvalue weighted by atomic mass is 32.1. The summed E-state index contributed by atoms with van der Waals surface area (Å²) in [6.45, 7) is 2.32. The van der Waals surface area contributed by atoms with Gasteiger partial charge < -0.3 is 20.5 Å². The molecule has 1 amide bonds. The molecule has 1 aromatic carbocycles. The predicted octanol–water partition coefficient (Wildman–Crippen LogP) is 5.62. The highest BCUT2D eigenvalue weighted by Gasteiger charge is 2.22. The van der Waals surface area contributed by atoms with Crippen molar-refractivity contribution in [1.29, 1.82) is 0 Å². The molecular formula is C26H24N4O2S. The van der Waals surface area contributed by atoms with E-state index < -0.39 is 0 Å². The van der Waals surface area contributed by atoms with E-state index in [0.717, 1.165) is 48.9 Å². The van der Waals surface area contributed by atoms with Gasteiger partial charge in [0.1, 0.15) is 5.65 Å². The molecule has 0 fully saturated rings. The molecule has 6 nitrogen and oxygen atoms in total. The van der Waals surface area contributed by atoms with E-state index in [0.29, 0.717) is 6.42 Å². The smallest absolute Gasteiger partial charge is 0.229 e. The minimum Gasteiger partial charge on any atom is -0.472 e. The normalized spacial score (nSPS) is 12.2.